The number of nitrogen functional groups attached to an aromatic ring is 1. The van der Waals surface area contributed by atoms with Gasteiger partial charge in [0.25, 0.3) is 0 Å². The molecule has 2 fully saturated rings. The molecule has 4 heterocycles. The third-order valence-electron chi connectivity index (χ3n) is 5.78. The highest BCUT2D eigenvalue weighted by molar-refractivity contribution is 5.81. The Labute approximate surface area is 200 Å². The minimum absolute atomic E-state index is 0.114. The topological polar surface area (TPSA) is 165 Å². The van der Waals surface area contributed by atoms with Crippen LogP contribution in [-0.2, 0) is 30.3 Å². The van der Waals surface area contributed by atoms with Gasteiger partial charge >= 0.3 is 12.1 Å². The maximum Gasteiger partial charge on any atom is 0.407 e. The number of aromatic nitrogens is 4. The van der Waals surface area contributed by atoms with Crippen molar-refractivity contribution in [2.45, 2.75) is 44.0 Å². The number of alkyl carbamates (subject to hydrolysis) is 1. The molecular formula is C22H26N6O7. The number of rotatable bonds is 8. The van der Waals surface area contributed by atoms with Gasteiger partial charge in [-0.2, -0.15) is 0 Å². The summed E-state index contributed by atoms with van der Waals surface area (Å²) in [6.45, 7) is 1.66. The second kappa shape index (κ2) is 9.71. The van der Waals surface area contributed by atoms with E-state index in [0.29, 0.717) is 11.2 Å². The predicted octanol–water partition coefficient (Wildman–Crippen LogP) is 0.699. The van der Waals surface area contributed by atoms with Crippen molar-refractivity contribution < 1.29 is 33.6 Å². The zero-order chi connectivity index (χ0) is 24.4. The van der Waals surface area contributed by atoms with Crippen molar-refractivity contribution in [1.29, 1.82) is 0 Å². The first kappa shape index (κ1) is 23.4. The molecule has 0 aliphatic carbocycles. The standard InChI is InChI=1S/C22H26N6O7/c1-2-32-22(10-24-21(30)31-9-13-6-4-3-5-7-13)34-16-14(8-29)33-20(17(16)35-22)28-12-27-15-18(23)25-11-26-19(15)28/h3-7,11-12,14,16-17,20,29H,2,8-10H2,1H3,(H,24,30)(H2,23,25,26)/t14-,16-,17-,20-,22?/m1/s1. The number of carbonyl (C=O) groups is 1. The summed E-state index contributed by atoms with van der Waals surface area (Å²) in [7, 11) is 0. The van der Waals surface area contributed by atoms with Crippen molar-refractivity contribution in [1.82, 2.24) is 24.8 Å². The molecule has 0 saturated carbocycles. The van der Waals surface area contributed by atoms with Crippen molar-refractivity contribution in [3.63, 3.8) is 0 Å². The molecule has 2 saturated heterocycles. The van der Waals surface area contributed by atoms with Crippen molar-refractivity contribution in [3.8, 4) is 0 Å². The lowest BCUT2D eigenvalue weighted by molar-refractivity contribution is -0.350. The quantitative estimate of drug-likeness (QED) is 0.410. The molecule has 1 aromatic carbocycles. The number of aliphatic hydroxyl groups excluding tert-OH is 1. The number of nitrogens with one attached hydrogen (secondary N) is 1. The molecule has 2 aliphatic rings. The molecule has 1 amide bonds. The van der Waals surface area contributed by atoms with Crippen LogP contribution in [0.2, 0.25) is 0 Å². The lowest BCUT2D eigenvalue weighted by Gasteiger charge is -2.30. The molecule has 13 heteroatoms. The van der Waals surface area contributed by atoms with Gasteiger partial charge in [-0.05, 0) is 12.5 Å². The van der Waals surface area contributed by atoms with Crippen LogP contribution < -0.4 is 11.1 Å². The smallest absolute Gasteiger partial charge is 0.407 e. The first-order chi connectivity index (χ1) is 17.0. The number of hydrogen-bond acceptors (Lipinski definition) is 11. The van der Waals surface area contributed by atoms with E-state index in [4.69, 9.17) is 29.4 Å². The van der Waals surface area contributed by atoms with Crippen LogP contribution in [0.1, 0.15) is 18.7 Å². The van der Waals surface area contributed by atoms with Crippen LogP contribution in [0.4, 0.5) is 10.6 Å². The van der Waals surface area contributed by atoms with Gasteiger partial charge in [0.05, 0.1) is 12.9 Å². The molecule has 2 aliphatic heterocycles. The van der Waals surface area contributed by atoms with Gasteiger partial charge in [0.1, 0.15) is 43.3 Å². The van der Waals surface area contributed by atoms with Gasteiger partial charge < -0.3 is 39.8 Å². The highest BCUT2D eigenvalue weighted by atomic mass is 16.9. The highest BCUT2D eigenvalue weighted by Crippen LogP contribution is 2.44. The van der Waals surface area contributed by atoms with E-state index in [2.05, 4.69) is 20.3 Å². The van der Waals surface area contributed by atoms with Gasteiger partial charge in [-0.3, -0.25) is 4.57 Å². The maximum absolute atomic E-state index is 12.3. The zero-order valence-electron chi connectivity index (χ0n) is 18.9. The summed E-state index contributed by atoms with van der Waals surface area (Å²) in [4.78, 5) is 24.8. The highest BCUT2D eigenvalue weighted by Gasteiger charge is 2.60. The summed E-state index contributed by atoms with van der Waals surface area (Å²) in [5.74, 6) is -1.37. The van der Waals surface area contributed by atoms with E-state index >= 15 is 0 Å². The van der Waals surface area contributed by atoms with E-state index in [1.165, 1.54) is 12.7 Å². The van der Waals surface area contributed by atoms with Gasteiger partial charge in [-0.1, -0.05) is 30.3 Å². The molecule has 0 spiro atoms. The molecule has 0 bridgehead atoms. The molecule has 0 radical (unpaired) electrons. The lowest BCUT2D eigenvalue weighted by atomic mass is 10.1. The average Bonchev–Trinajstić information content (AvgIpc) is 3.55. The molecule has 13 nitrogen and oxygen atoms in total. The first-order valence-electron chi connectivity index (χ1n) is 11.2. The van der Waals surface area contributed by atoms with Crippen LogP contribution in [-0.4, -0.2) is 74.8 Å². The van der Waals surface area contributed by atoms with E-state index in [-0.39, 0.29) is 32.2 Å². The fourth-order valence-corrected chi connectivity index (χ4v) is 4.22. The summed E-state index contributed by atoms with van der Waals surface area (Å²) >= 11 is 0. The van der Waals surface area contributed by atoms with Crippen molar-refractivity contribution in [3.05, 3.63) is 48.5 Å². The van der Waals surface area contributed by atoms with E-state index in [9.17, 15) is 9.90 Å². The number of fused-ring (bicyclic) bond motifs is 2. The van der Waals surface area contributed by atoms with Crippen LogP contribution in [0.15, 0.2) is 43.0 Å². The summed E-state index contributed by atoms with van der Waals surface area (Å²) in [6, 6.07) is 9.31. The molecule has 3 aromatic rings. The number of aliphatic hydroxyl groups is 1. The second-order valence-electron chi connectivity index (χ2n) is 8.03. The van der Waals surface area contributed by atoms with Crippen LogP contribution in [0.5, 0.6) is 0 Å². The Hall–Kier alpha value is -3.36. The summed E-state index contributed by atoms with van der Waals surface area (Å²) in [5.41, 5.74) is 7.62. The largest absolute Gasteiger partial charge is 0.445 e. The summed E-state index contributed by atoms with van der Waals surface area (Å²) in [6.07, 6.45) is -0.660. The Morgan fingerprint density at radius 1 is 1.23 bits per heavy atom. The van der Waals surface area contributed by atoms with Crippen LogP contribution in [0, 0.1) is 0 Å². The second-order valence-corrected chi connectivity index (χ2v) is 8.03. The van der Waals surface area contributed by atoms with Gasteiger partial charge in [-0.25, -0.2) is 19.7 Å². The fraction of sp³-hybridized carbons (Fsp3) is 0.455. The van der Waals surface area contributed by atoms with Gasteiger partial charge in [0.15, 0.2) is 17.7 Å². The van der Waals surface area contributed by atoms with Gasteiger partial charge in [0.2, 0.25) is 0 Å². The number of benzene rings is 1. The van der Waals surface area contributed by atoms with Crippen LogP contribution in [0.3, 0.4) is 0 Å². The normalized spacial score (nSPS) is 27.7. The van der Waals surface area contributed by atoms with E-state index in [1.54, 1.807) is 11.5 Å². The Kier molecular flexibility index (Phi) is 6.49. The van der Waals surface area contributed by atoms with Crippen LogP contribution >= 0.6 is 0 Å². The molecule has 35 heavy (non-hydrogen) atoms. The number of amides is 1. The number of hydrogen-bond donors (Lipinski definition) is 3. The molecule has 4 N–H and O–H groups in total. The minimum Gasteiger partial charge on any atom is -0.445 e. The maximum atomic E-state index is 12.3. The van der Waals surface area contributed by atoms with Crippen LogP contribution in [0.25, 0.3) is 11.2 Å². The SMILES string of the molecule is CCOC1(CNC(=O)OCc2ccccc2)O[C@@H]2[C@H](O1)[C@@H](CO)O[C@H]2n1cnc2c(N)ncnc21. The number of imidazole rings is 1. The Bertz CT molecular complexity index is 1180. The van der Waals surface area contributed by atoms with E-state index < -0.39 is 36.6 Å². The van der Waals surface area contributed by atoms with Gasteiger partial charge in [-0.15, -0.1) is 0 Å². The third-order valence-corrected chi connectivity index (χ3v) is 5.78. The molecule has 2 aromatic heterocycles. The molecular weight excluding hydrogens is 460 g/mol. The summed E-state index contributed by atoms with van der Waals surface area (Å²) in [5, 5.41) is 12.6. The Balaban J connectivity index is 1.31. The molecule has 5 rings (SSSR count). The molecule has 5 atom stereocenters. The third kappa shape index (κ3) is 4.51. The Morgan fingerprint density at radius 2 is 2.03 bits per heavy atom. The monoisotopic (exact) mass is 486 g/mol. The predicted molar refractivity (Wildman–Crippen MR) is 119 cm³/mol. The van der Waals surface area contributed by atoms with Crippen molar-refractivity contribution in [2.24, 2.45) is 0 Å². The number of anilines is 1. The Morgan fingerprint density at radius 3 is 2.80 bits per heavy atom. The number of carbonyl (C=O) groups excluding carboxylic acids is 1. The molecule has 186 valence electrons. The minimum atomic E-state index is -1.60. The lowest BCUT2D eigenvalue weighted by Crippen LogP contribution is -2.48. The van der Waals surface area contributed by atoms with Gasteiger partial charge in [0, 0.05) is 6.61 Å². The van der Waals surface area contributed by atoms with Crippen molar-refractivity contribution >= 4 is 23.1 Å². The number of ether oxygens (including phenoxy) is 5. The van der Waals surface area contributed by atoms with Crippen molar-refractivity contribution in [2.75, 3.05) is 25.5 Å². The number of nitrogens with two attached hydrogens (primary N) is 1. The fourth-order valence-electron chi connectivity index (χ4n) is 4.22. The number of nitrogens with zero attached hydrogens (tertiary/aromatic N) is 4. The summed E-state index contributed by atoms with van der Waals surface area (Å²) < 4.78 is 31.0. The average molecular weight is 486 g/mol. The zero-order valence-corrected chi connectivity index (χ0v) is 18.9. The first-order valence-corrected chi connectivity index (χ1v) is 11.2. The molecule has 1 unspecified atom stereocenters. The van der Waals surface area contributed by atoms with E-state index in [1.807, 2.05) is 30.3 Å². The van der Waals surface area contributed by atoms with E-state index in [0.717, 1.165) is 5.56 Å².